The van der Waals surface area contributed by atoms with Crippen molar-refractivity contribution < 1.29 is 13.2 Å². The first-order valence-electron chi connectivity index (χ1n) is 7.01. The Labute approximate surface area is 130 Å². The summed E-state index contributed by atoms with van der Waals surface area (Å²) in [6.07, 6.45) is 5.39. The number of sulfonamides is 1. The Bertz CT molecular complexity index is 623. The second-order valence-electron chi connectivity index (χ2n) is 5.25. The first-order valence-corrected chi connectivity index (χ1v) is 8.93. The molecule has 0 saturated carbocycles. The third-order valence-corrected chi connectivity index (χ3v) is 5.02. The molecule has 0 radical (unpaired) electrons. The van der Waals surface area contributed by atoms with Crippen molar-refractivity contribution in [2.75, 3.05) is 13.1 Å². The Morgan fingerprint density at radius 3 is 2.24 bits per heavy atom. The highest BCUT2D eigenvalue weighted by Gasteiger charge is 2.20. The molecule has 0 spiro atoms. The SMILES string of the molecule is NS(=O)(=O)c1cc(C(=O)N2CCCCCCC2)ccc1Cl. The number of carbonyl (C=O) groups is 1. The number of carbonyl (C=O) groups excluding carboxylic acids is 1. The molecule has 0 bridgehead atoms. The summed E-state index contributed by atoms with van der Waals surface area (Å²) in [5, 5.41) is 5.14. The third kappa shape index (κ3) is 4.18. The molecule has 5 nitrogen and oxygen atoms in total. The van der Waals surface area contributed by atoms with E-state index in [1.165, 1.54) is 24.6 Å². The molecular weight excluding hydrogens is 312 g/mol. The lowest BCUT2D eigenvalue weighted by Crippen LogP contribution is -2.34. The Hall–Kier alpha value is -1.11. The lowest BCUT2D eigenvalue weighted by Gasteiger charge is -2.25. The van der Waals surface area contributed by atoms with Crippen LogP contribution in [0.2, 0.25) is 5.02 Å². The van der Waals surface area contributed by atoms with E-state index in [-0.39, 0.29) is 15.8 Å². The van der Waals surface area contributed by atoms with E-state index in [2.05, 4.69) is 0 Å². The number of benzene rings is 1. The maximum absolute atomic E-state index is 12.5. The Morgan fingerprint density at radius 1 is 1.10 bits per heavy atom. The summed E-state index contributed by atoms with van der Waals surface area (Å²) in [6, 6.07) is 4.20. The van der Waals surface area contributed by atoms with Crippen LogP contribution in [0.15, 0.2) is 23.1 Å². The summed E-state index contributed by atoms with van der Waals surface area (Å²) in [4.78, 5) is 14.1. The van der Waals surface area contributed by atoms with Crippen molar-refractivity contribution in [3.8, 4) is 0 Å². The molecule has 1 aromatic rings. The second-order valence-corrected chi connectivity index (χ2v) is 7.19. The van der Waals surface area contributed by atoms with E-state index >= 15 is 0 Å². The average Bonchev–Trinajstić information content (AvgIpc) is 2.36. The number of rotatable bonds is 2. The number of primary sulfonamides is 1. The van der Waals surface area contributed by atoms with Gasteiger partial charge >= 0.3 is 0 Å². The van der Waals surface area contributed by atoms with Crippen LogP contribution in [-0.4, -0.2) is 32.3 Å². The number of likely N-dealkylation sites (tertiary alicyclic amines) is 1. The normalized spacial score (nSPS) is 17.1. The molecule has 1 aromatic carbocycles. The summed E-state index contributed by atoms with van der Waals surface area (Å²) < 4.78 is 22.9. The van der Waals surface area contributed by atoms with Crippen LogP contribution in [0.1, 0.15) is 42.5 Å². The van der Waals surface area contributed by atoms with Crippen molar-refractivity contribution in [3.05, 3.63) is 28.8 Å². The summed E-state index contributed by atoms with van der Waals surface area (Å²) in [5.41, 5.74) is 0.309. The highest BCUT2D eigenvalue weighted by molar-refractivity contribution is 7.89. The minimum Gasteiger partial charge on any atom is -0.339 e. The predicted molar refractivity (Wildman–Crippen MR) is 81.8 cm³/mol. The standard InChI is InChI=1S/C14H19ClN2O3S/c15-12-7-6-11(10-13(12)21(16,19)20)14(18)17-8-4-2-1-3-5-9-17/h6-7,10H,1-5,8-9H2,(H2,16,19,20). The fourth-order valence-corrected chi connectivity index (χ4v) is 3.56. The first kappa shape index (κ1) is 16.3. The lowest BCUT2D eigenvalue weighted by molar-refractivity contribution is 0.0742. The Balaban J connectivity index is 2.26. The van der Waals surface area contributed by atoms with E-state index in [0.717, 1.165) is 25.7 Å². The van der Waals surface area contributed by atoms with E-state index in [0.29, 0.717) is 18.7 Å². The third-order valence-electron chi connectivity index (χ3n) is 3.63. The minimum atomic E-state index is -3.94. The van der Waals surface area contributed by atoms with Gasteiger partial charge < -0.3 is 4.90 Å². The molecule has 1 aliphatic rings. The number of hydrogen-bond acceptors (Lipinski definition) is 3. The van der Waals surface area contributed by atoms with Crippen LogP contribution >= 0.6 is 11.6 Å². The van der Waals surface area contributed by atoms with Gasteiger partial charge in [-0.3, -0.25) is 4.79 Å². The molecule has 2 N–H and O–H groups in total. The van der Waals surface area contributed by atoms with Crippen LogP contribution in [-0.2, 0) is 10.0 Å². The van der Waals surface area contributed by atoms with Gasteiger partial charge in [0.15, 0.2) is 0 Å². The van der Waals surface area contributed by atoms with Crippen LogP contribution in [0.25, 0.3) is 0 Å². The Kier molecular flexibility index (Phi) is 5.24. The van der Waals surface area contributed by atoms with E-state index in [9.17, 15) is 13.2 Å². The number of amides is 1. The van der Waals surface area contributed by atoms with Crippen molar-refractivity contribution >= 4 is 27.5 Å². The van der Waals surface area contributed by atoms with Gasteiger partial charge in [-0.15, -0.1) is 0 Å². The minimum absolute atomic E-state index is 0.0294. The lowest BCUT2D eigenvalue weighted by atomic mass is 10.1. The molecule has 0 atom stereocenters. The zero-order chi connectivity index (χ0) is 15.5. The smallest absolute Gasteiger partial charge is 0.253 e. The molecule has 1 heterocycles. The van der Waals surface area contributed by atoms with Gasteiger partial charge in [0.05, 0.1) is 5.02 Å². The summed E-state index contributed by atoms with van der Waals surface area (Å²) in [6.45, 7) is 1.40. The largest absolute Gasteiger partial charge is 0.339 e. The Morgan fingerprint density at radius 2 is 1.67 bits per heavy atom. The maximum Gasteiger partial charge on any atom is 0.253 e. The molecule has 1 amide bonds. The second kappa shape index (κ2) is 6.77. The van der Waals surface area contributed by atoms with Gasteiger partial charge in [0.1, 0.15) is 4.90 Å². The van der Waals surface area contributed by atoms with Gasteiger partial charge in [0, 0.05) is 18.7 Å². The van der Waals surface area contributed by atoms with Crippen molar-refractivity contribution in [2.24, 2.45) is 5.14 Å². The van der Waals surface area contributed by atoms with Crippen LogP contribution in [0.5, 0.6) is 0 Å². The predicted octanol–water partition coefficient (Wildman–Crippen LogP) is 2.39. The van der Waals surface area contributed by atoms with Gasteiger partial charge in [-0.05, 0) is 31.0 Å². The number of hydrogen-bond donors (Lipinski definition) is 1. The molecule has 7 heteroatoms. The van der Waals surface area contributed by atoms with Gasteiger partial charge in [-0.25, -0.2) is 13.6 Å². The molecule has 1 aliphatic heterocycles. The zero-order valence-corrected chi connectivity index (χ0v) is 13.3. The number of nitrogens with two attached hydrogens (primary N) is 1. The van der Waals surface area contributed by atoms with Crippen LogP contribution in [0.4, 0.5) is 0 Å². The van der Waals surface area contributed by atoms with Crippen molar-refractivity contribution in [1.82, 2.24) is 4.90 Å². The first-order chi connectivity index (χ1) is 9.89. The fraction of sp³-hybridized carbons (Fsp3) is 0.500. The van der Waals surface area contributed by atoms with E-state index in [1.54, 1.807) is 4.90 Å². The zero-order valence-electron chi connectivity index (χ0n) is 11.7. The molecule has 21 heavy (non-hydrogen) atoms. The summed E-state index contributed by atoms with van der Waals surface area (Å²) in [5.74, 6) is -0.168. The van der Waals surface area contributed by atoms with Crippen LogP contribution in [0.3, 0.4) is 0 Å². The fourth-order valence-electron chi connectivity index (χ4n) is 2.49. The molecule has 1 saturated heterocycles. The van der Waals surface area contributed by atoms with E-state index in [4.69, 9.17) is 16.7 Å². The monoisotopic (exact) mass is 330 g/mol. The van der Waals surface area contributed by atoms with E-state index < -0.39 is 10.0 Å². The molecule has 2 rings (SSSR count). The van der Waals surface area contributed by atoms with Crippen LogP contribution in [0, 0.1) is 0 Å². The van der Waals surface area contributed by atoms with Gasteiger partial charge in [-0.1, -0.05) is 30.9 Å². The summed E-state index contributed by atoms with van der Waals surface area (Å²) >= 11 is 5.83. The molecule has 1 fully saturated rings. The molecule has 0 unspecified atom stereocenters. The van der Waals surface area contributed by atoms with Gasteiger partial charge in [0.25, 0.3) is 5.91 Å². The topological polar surface area (TPSA) is 80.5 Å². The molecule has 116 valence electrons. The maximum atomic E-state index is 12.5. The van der Waals surface area contributed by atoms with Crippen molar-refractivity contribution in [2.45, 2.75) is 37.0 Å². The summed E-state index contributed by atoms with van der Waals surface area (Å²) in [7, 11) is -3.94. The highest BCUT2D eigenvalue weighted by atomic mass is 35.5. The quantitative estimate of drug-likeness (QED) is 0.904. The van der Waals surface area contributed by atoms with E-state index in [1.807, 2.05) is 0 Å². The van der Waals surface area contributed by atoms with Crippen molar-refractivity contribution in [1.29, 1.82) is 0 Å². The van der Waals surface area contributed by atoms with Crippen molar-refractivity contribution in [3.63, 3.8) is 0 Å². The number of halogens is 1. The van der Waals surface area contributed by atoms with Gasteiger partial charge in [0.2, 0.25) is 10.0 Å². The van der Waals surface area contributed by atoms with Gasteiger partial charge in [-0.2, -0.15) is 0 Å². The molecular formula is C14H19ClN2O3S. The molecule has 0 aromatic heterocycles. The van der Waals surface area contributed by atoms with Crippen LogP contribution < -0.4 is 5.14 Å². The average molecular weight is 331 g/mol. The highest BCUT2D eigenvalue weighted by Crippen LogP contribution is 2.23. The molecule has 0 aliphatic carbocycles. The number of nitrogens with zero attached hydrogens (tertiary/aromatic N) is 1.